The number of ether oxygens (including phenoxy) is 1. The summed E-state index contributed by atoms with van der Waals surface area (Å²) < 4.78 is 9.54. The molecule has 0 saturated carbocycles. The first-order chi connectivity index (χ1) is 12.5. The topological polar surface area (TPSA) is 107 Å². The molecule has 1 saturated heterocycles. The molecule has 1 aliphatic rings. The molecule has 0 bridgehead atoms. The van der Waals surface area contributed by atoms with E-state index < -0.39 is 4.92 Å². The van der Waals surface area contributed by atoms with Crippen molar-refractivity contribution >= 4 is 17.9 Å². The molecule has 26 heavy (non-hydrogen) atoms. The van der Waals surface area contributed by atoms with Crippen LogP contribution in [0.2, 0.25) is 0 Å². The van der Waals surface area contributed by atoms with Gasteiger partial charge in [-0.3, -0.25) is 24.8 Å². The van der Waals surface area contributed by atoms with Crippen LogP contribution in [0.4, 0.5) is 5.69 Å². The molecule has 3 heterocycles. The number of morpholine rings is 1. The third kappa shape index (κ3) is 4.54. The number of hydrogen-bond acceptors (Lipinski definition) is 7. The number of hydrogen-bond donors (Lipinski definition) is 1. The largest absolute Gasteiger partial charge is 0.379 e. The summed E-state index contributed by atoms with van der Waals surface area (Å²) in [7, 11) is 0. The molecular formula is C15H23N7O3S. The molecule has 1 atom stereocenters. The molecule has 3 rings (SSSR count). The fraction of sp³-hybridized carbons (Fsp3) is 0.667. The van der Waals surface area contributed by atoms with Gasteiger partial charge in [0.15, 0.2) is 4.77 Å². The number of nitrogens with one attached hydrogen (secondary N) is 1. The smallest absolute Gasteiger partial charge is 0.306 e. The summed E-state index contributed by atoms with van der Waals surface area (Å²) in [6.07, 6.45) is 3.66. The van der Waals surface area contributed by atoms with Crippen LogP contribution in [-0.2, 0) is 17.8 Å². The lowest BCUT2D eigenvalue weighted by molar-refractivity contribution is -0.385. The Morgan fingerprint density at radius 2 is 2.19 bits per heavy atom. The van der Waals surface area contributed by atoms with Gasteiger partial charge in [0.2, 0.25) is 0 Å². The van der Waals surface area contributed by atoms with E-state index in [2.05, 4.69) is 20.2 Å². The fourth-order valence-electron chi connectivity index (χ4n) is 3.11. The fourth-order valence-corrected chi connectivity index (χ4v) is 3.34. The molecule has 2 aromatic heterocycles. The second kappa shape index (κ2) is 8.52. The van der Waals surface area contributed by atoms with E-state index in [1.54, 1.807) is 4.68 Å². The van der Waals surface area contributed by atoms with Crippen LogP contribution in [0.1, 0.15) is 25.1 Å². The van der Waals surface area contributed by atoms with Crippen LogP contribution in [0.5, 0.6) is 0 Å². The van der Waals surface area contributed by atoms with Crippen LogP contribution in [0.15, 0.2) is 12.4 Å². The minimum absolute atomic E-state index is 0.0124. The average molecular weight is 381 g/mol. The summed E-state index contributed by atoms with van der Waals surface area (Å²) in [5.41, 5.74) is -0.0124. The van der Waals surface area contributed by atoms with E-state index in [0.717, 1.165) is 51.6 Å². The molecule has 10 nitrogen and oxygen atoms in total. The Kier molecular flexibility index (Phi) is 6.12. The summed E-state index contributed by atoms with van der Waals surface area (Å²) in [4.78, 5) is 12.7. The molecule has 1 fully saturated rings. The van der Waals surface area contributed by atoms with Crippen molar-refractivity contribution in [2.45, 2.75) is 32.4 Å². The lowest BCUT2D eigenvalue weighted by Crippen LogP contribution is -2.37. The Bertz CT molecular complexity index is 793. The third-order valence-corrected chi connectivity index (χ3v) is 4.79. The molecule has 1 aliphatic heterocycles. The van der Waals surface area contributed by atoms with Crippen molar-refractivity contribution in [2.75, 3.05) is 32.8 Å². The van der Waals surface area contributed by atoms with Gasteiger partial charge in [-0.15, -0.1) is 0 Å². The lowest BCUT2D eigenvalue weighted by Gasteiger charge is -2.26. The number of aromatic amines is 1. The zero-order valence-corrected chi connectivity index (χ0v) is 15.5. The molecule has 11 heteroatoms. The van der Waals surface area contributed by atoms with E-state index in [9.17, 15) is 10.1 Å². The Morgan fingerprint density at radius 1 is 1.42 bits per heavy atom. The SMILES string of the molecule is C[C@H](Cn1cc([N+](=O)[O-])cn1)c1n[nH]c(=S)n1CCCN1CCOCC1. The van der Waals surface area contributed by atoms with Gasteiger partial charge in [0.05, 0.1) is 24.7 Å². The molecule has 0 aromatic carbocycles. The van der Waals surface area contributed by atoms with E-state index in [4.69, 9.17) is 17.0 Å². The summed E-state index contributed by atoms with van der Waals surface area (Å²) in [6, 6.07) is 0. The number of nitrogens with zero attached hydrogens (tertiary/aromatic N) is 6. The minimum Gasteiger partial charge on any atom is -0.379 e. The van der Waals surface area contributed by atoms with Crippen molar-refractivity contribution < 1.29 is 9.66 Å². The monoisotopic (exact) mass is 381 g/mol. The molecule has 142 valence electrons. The Hall–Kier alpha value is -2.11. The Labute approximate surface area is 155 Å². The van der Waals surface area contributed by atoms with Gasteiger partial charge in [-0.1, -0.05) is 6.92 Å². The quantitative estimate of drug-likeness (QED) is 0.420. The van der Waals surface area contributed by atoms with Crippen LogP contribution in [0.25, 0.3) is 0 Å². The number of H-pyrrole nitrogens is 1. The number of rotatable bonds is 8. The van der Waals surface area contributed by atoms with E-state index in [1.807, 2.05) is 11.5 Å². The predicted molar refractivity (Wildman–Crippen MR) is 96.6 cm³/mol. The molecule has 0 unspecified atom stereocenters. The second-order valence-electron chi connectivity index (χ2n) is 6.42. The molecule has 0 spiro atoms. The summed E-state index contributed by atoms with van der Waals surface area (Å²) in [6.45, 7) is 7.82. The maximum absolute atomic E-state index is 10.8. The highest BCUT2D eigenvalue weighted by molar-refractivity contribution is 7.71. The molecule has 0 aliphatic carbocycles. The van der Waals surface area contributed by atoms with Crippen molar-refractivity contribution in [2.24, 2.45) is 0 Å². The first-order valence-corrected chi connectivity index (χ1v) is 9.07. The standard InChI is InChI=1S/C15H23N7O3S/c1-12(10-20-11-13(9-16-20)22(23)24)14-17-18-15(26)21(14)4-2-3-19-5-7-25-8-6-19/h9,11-12H,2-8,10H2,1H3,(H,18,26)/t12-/m1/s1. The van der Waals surface area contributed by atoms with Crippen molar-refractivity contribution in [3.8, 4) is 0 Å². The summed E-state index contributed by atoms with van der Waals surface area (Å²) in [5, 5.41) is 22.0. The van der Waals surface area contributed by atoms with Gasteiger partial charge in [0, 0.05) is 32.1 Å². The molecule has 1 N–H and O–H groups in total. The zero-order valence-electron chi connectivity index (χ0n) is 14.7. The zero-order chi connectivity index (χ0) is 18.5. The van der Waals surface area contributed by atoms with Gasteiger partial charge in [0.1, 0.15) is 18.2 Å². The van der Waals surface area contributed by atoms with Gasteiger partial charge in [0.25, 0.3) is 0 Å². The molecule has 0 radical (unpaired) electrons. The normalized spacial score (nSPS) is 16.7. The number of nitro groups is 1. The molecular weight excluding hydrogens is 358 g/mol. The van der Waals surface area contributed by atoms with Gasteiger partial charge in [-0.2, -0.15) is 10.2 Å². The van der Waals surface area contributed by atoms with E-state index >= 15 is 0 Å². The highest BCUT2D eigenvalue weighted by atomic mass is 32.1. The van der Waals surface area contributed by atoms with Gasteiger partial charge in [-0.25, -0.2) is 0 Å². The Morgan fingerprint density at radius 3 is 2.88 bits per heavy atom. The van der Waals surface area contributed by atoms with Crippen molar-refractivity contribution in [3.63, 3.8) is 0 Å². The first kappa shape index (κ1) is 18.7. The third-order valence-electron chi connectivity index (χ3n) is 4.48. The molecule has 0 amide bonds. The summed E-state index contributed by atoms with van der Waals surface area (Å²) >= 11 is 5.36. The van der Waals surface area contributed by atoms with Gasteiger partial charge >= 0.3 is 5.69 Å². The maximum atomic E-state index is 10.8. The molecule has 2 aromatic rings. The second-order valence-corrected chi connectivity index (χ2v) is 6.81. The van der Waals surface area contributed by atoms with E-state index in [-0.39, 0.29) is 11.6 Å². The predicted octanol–water partition coefficient (Wildman–Crippen LogP) is 1.57. The van der Waals surface area contributed by atoms with Crippen molar-refractivity contribution in [1.82, 2.24) is 29.4 Å². The minimum atomic E-state index is -0.449. The highest BCUT2D eigenvalue weighted by Crippen LogP contribution is 2.17. The Balaban J connectivity index is 1.60. The average Bonchev–Trinajstić information content (AvgIpc) is 3.23. The van der Waals surface area contributed by atoms with Crippen LogP contribution in [-0.4, -0.2) is 67.2 Å². The van der Waals surface area contributed by atoms with Crippen LogP contribution < -0.4 is 0 Å². The van der Waals surface area contributed by atoms with Crippen LogP contribution in [0, 0.1) is 14.9 Å². The van der Waals surface area contributed by atoms with Gasteiger partial charge in [-0.05, 0) is 18.6 Å². The summed E-state index contributed by atoms with van der Waals surface area (Å²) in [5.74, 6) is 0.862. The van der Waals surface area contributed by atoms with Gasteiger partial charge < -0.3 is 9.30 Å². The van der Waals surface area contributed by atoms with E-state index in [0.29, 0.717) is 11.3 Å². The first-order valence-electron chi connectivity index (χ1n) is 8.66. The van der Waals surface area contributed by atoms with Crippen LogP contribution in [0.3, 0.4) is 0 Å². The number of aromatic nitrogens is 5. The lowest BCUT2D eigenvalue weighted by atomic mass is 10.1. The van der Waals surface area contributed by atoms with Crippen LogP contribution >= 0.6 is 12.2 Å². The maximum Gasteiger partial charge on any atom is 0.306 e. The van der Waals surface area contributed by atoms with E-state index in [1.165, 1.54) is 12.4 Å². The van der Waals surface area contributed by atoms with Crippen molar-refractivity contribution in [3.05, 3.63) is 33.1 Å². The highest BCUT2D eigenvalue weighted by Gasteiger charge is 2.18. The van der Waals surface area contributed by atoms with Crippen molar-refractivity contribution in [1.29, 1.82) is 0 Å².